The number of H-pyrrole nitrogens is 1. The Balaban J connectivity index is 0.000000315. The molecule has 0 amide bonds. The Morgan fingerprint density at radius 2 is 1.86 bits per heavy atom. The van der Waals surface area contributed by atoms with Gasteiger partial charge in [0, 0.05) is 23.5 Å². The zero-order chi connectivity index (χ0) is 15.8. The third-order valence-corrected chi connectivity index (χ3v) is 2.85. The number of carboxylic acids is 1. The van der Waals surface area contributed by atoms with Crippen molar-refractivity contribution in [3.63, 3.8) is 0 Å². The van der Waals surface area contributed by atoms with E-state index < -0.39 is 18.1 Å². The van der Waals surface area contributed by atoms with E-state index in [-0.39, 0.29) is 13.2 Å². The lowest BCUT2D eigenvalue weighted by atomic mass is 10.1. The van der Waals surface area contributed by atoms with Gasteiger partial charge in [0.05, 0.1) is 13.2 Å². The summed E-state index contributed by atoms with van der Waals surface area (Å²) in [6, 6.07) is 6.91. The second-order valence-electron chi connectivity index (χ2n) is 4.53. The minimum absolute atomic E-state index is 0.347. The summed E-state index contributed by atoms with van der Waals surface area (Å²) in [5.74, 6) is -0.972. The van der Waals surface area contributed by atoms with Gasteiger partial charge < -0.3 is 31.1 Å². The number of aliphatic carboxylic acids is 1. The maximum Gasteiger partial charge on any atom is 0.320 e. The highest BCUT2D eigenvalue weighted by molar-refractivity contribution is 5.84. The monoisotopic (exact) mass is 296 g/mol. The number of carboxylic acid groups (broad SMARTS) is 1. The fourth-order valence-electron chi connectivity index (χ4n) is 1.68. The molecule has 1 atom stereocenters. The topological polar surface area (TPSA) is 140 Å². The zero-order valence-electron chi connectivity index (χ0n) is 11.4. The van der Waals surface area contributed by atoms with Gasteiger partial charge >= 0.3 is 5.97 Å². The van der Waals surface area contributed by atoms with Crippen molar-refractivity contribution in [1.29, 1.82) is 0 Å². The number of hydrogen-bond donors (Lipinski definition) is 6. The number of carbonyl (C=O) groups is 1. The van der Waals surface area contributed by atoms with Gasteiger partial charge in [-0.05, 0) is 11.6 Å². The van der Waals surface area contributed by atoms with E-state index in [9.17, 15) is 4.79 Å². The van der Waals surface area contributed by atoms with Crippen LogP contribution < -0.4 is 5.73 Å². The molecular weight excluding hydrogens is 276 g/mol. The minimum Gasteiger partial charge on any atom is -0.480 e. The summed E-state index contributed by atoms with van der Waals surface area (Å²) in [7, 11) is 0. The lowest BCUT2D eigenvalue weighted by Crippen LogP contribution is -2.32. The number of nitrogens with one attached hydrogen (secondary N) is 1. The van der Waals surface area contributed by atoms with E-state index in [1.165, 1.54) is 0 Å². The molecule has 2 aromatic rings. The Hall–Kier alpha value is -1.93. The SMILES string of the molecule is N[C@@H](Cc1c[nH]c2ccccc12)C(=O)O.OCC(O)CO. The lowest BCUT2D eigenvalue weighted by molar-refractivity contribution is -0.138. The molecule has 1 aromatic carbocycles. The highest BCUT2D eigenvalue weighted by Gasteiger charge is 2.14. The number of hydrogen-bond acceptors (Lipinski definition) is 5. The first-order valence-electron chi connectivity index (χ1n) is 6.42. The van der Waals surface area contributed by atoms with Gasteiger partial charge in [-0.15, -0.1) is 0 Å². The molecule has 1 aromatic heterocycles. The fraction of sp³-hybridized carbons (Fsp3) is 0.357. The third-order valence-electron chi connectivity index (χ3n) is 2.85. The first-order chi connectivity index (χ1) is 9.99. The number of aromatic nitrogens is 1. The van der Waals surface area contributed by atoms with Gasteiger partial charge in [0.1, 0.15) is 12.1 Å². The van der Waals surface area contributed by atoms with E-state index in [1.54, 1.807) is 0 Å². The molecule has 0 fully saturated rings. The maximum absolute atomic E-state index is 10.6. The van der Waals surface area contributed by atoms with Gasteiger partial charge in [0.25, 0.3) is 0 Å². The molecule has 1 heterocycles. The highest BCUT2D eigenvalue weighted by Crippen LogP contribution is 2.18. The van der Waals surface area contributed by atoms with Crippen LogP contribution in [0.25, 0.3) is 10.9 Å². The van der Waals surface area contributed by atoms with Crippen LogP contribution in [0.4, 0.5) is 0 Å². The van der Waals surface area contributed by atoms with Gasteiger partial charge in [-0.25, -0.2) is 0 Å². The normalized spacial score (nSPS) is 12.0. The van der Waals surface area contributed by atoms with Crippen molar-refractivity contribution in [1.82, 2.24) is 4.98 Å². The number of aliphatic hydroxyl groups is 3. The largest absolute Gasteiger partial charge is 0.480 e. The van der Waals surface area contributed by atoms with Crippen LogP contribution in [-0.4, -0.2) is 56.7 Å². The lowest BCUT2D eigenvalue weighted by Gasteiger charge is -2.04. The van der Waals surface area contributed by atoms with Crippen molar-refractivity contribution in [2.24, 2.45) is 5.73 Å². The van der Waals surface area contributed by atoms with Gasteiger partial charge in [0.15, 0.2) is 0 Å². The minimum atomic E-state index is -0.972. The summed E-state index contributed by atoms with van der Waals surface area (Å²) in [5.41, 5.74) is 7.43. The van der Waals surface area contributed by atoms with Crippen LogP contribution in [0.1, 0.15) is 5.56 Å². The average molecular weight is 296 g/mol. The van der Waals surface area contributed by atoms with E-state index in [4.69, 9.17) is 26.2 Å². The zero-order valence-corrected chi connectivity index (χ0v) is 11.4. The summed E-state index contributed by atoms with van der Waals surface area (Å²) in [6.07, 6.45) is 1.21. The third kappa shape index (κ3) is 5.16. The number of nitrogens with two attached hydrogens (primary N) is 1. The molecule has 0 aliphatic rings. The molecular formula is C14H20N2O5. The summed E-state index contributed by atoms with van der Waals surface area (Å²) < 4.78 is 0. The number of fused-ring (bicyclic) bond motifs is 1. The number of rotatable bonds is 5. The van der Waals surface area contributed by atoms with Crippen molar-refractivity contribution >= 4 is 16.9 Å². The molecule has 0 radical (unpaired) electrons. The van der Waals surface area contributed by atoms with Gasteiger partial charge in [-0.3, -0.25) is 4.79 Å². The van der Waals surface area contributed by atoms with E-state index in [1.807, 2.05) is 30.5 Å². The summed E-state index contributed by atoms with van der Waals surface area (Å²) in [4.78, 5) is 13.7. The van der Waals surface area contributed by atoms with Crippen molar-refractivity contribution in [3.05, 3.63) is 36.0 Å². The second-order valence-corrected chi connectivity index (χ2v) is 4.53. The molecule has 0 aliphatic carbocycles. The smallest absolute Gasteiger partial charge is 0.320 e. The molecule has 7 N–H and O–H groups in total. The van der Waals surface area contributed by atoms with Crippen molar-refractivity contribution in [2.75, 3.05) is 13.2 Å². The molecule has 7 heteroatoms. The number of aliphatic hydroxyl groups excluding tert-OH is 3. The van der Waals surface area contributed by atoms with Crippen molar-refractivity contribution in [3.8, 4) is 0 Å². The van der Waals surface area contributed by atoms with E-state index in [0.717, 1.165) is 16.5 Å². The van der Waals surface area contributed by atoms with Crippen molar-refractivity contribution < 1.29 is 25.2 Å². The Bertz CT molecular complexity index is 565. The molecule has 0 aliphatic heterocycles. The Kier molecular flexibility index (Phi) is 6.83. The fourth-order valence-corrected chi connectivity index (χ4v) is 1.68. The average Bonchev–Trinajstić information content (AvgIpc) is 2.90. The molecule has 7 nitrogen and oxygen atoms in total. The predicted molar refractivity (Wildman–Crippen MR) is 77.8 cm³/mol. The molecule has 0 saturated heterocycles. The molecule has 0 spiro atoms. The van der Waals surface area contributed by atoms with Crippen LogP contribution in [0.2, 0.25) is 0 Å². The predicted octanol–water partition coefficient (Wildman–Crippen LogP) is -0.546. The quantitative estimate of drug-likeness (QED) is 0.437. The van der Waals surface area contributed by atoms with E-state index >= 15 is 0 Å². The number of para-hydroxylation sites is 1. The molecule has 0 bridgehead atoms. The Morgan fingerprint density at radius 1 is 1.24 bits per heavy atom. The highest BCUT2D eigenvalue weighted by atomic mass is 16.4. The van der Waals surface area contributed by atoms with Crippen LogP contribution in [0.5, 0.6) is 0 Å². The standard InChI is InChI=1S/C11H12N2O2.C3H8O3/c12-9(11(14)15)5-7-6-13-10-4-2-1-3-8(7)10;4-1-3(6)2-5/h1-4,6,9,13H,5,12H2,(H,14,15);3-6H,1-2H2/t9-;/m0./s1. The first kappa shape index (κ1) is 17.1. The second kappa shape index (κ2) is 8.38. The van der Waals surface area contributed by atoms with Crippen LogP contribution in [0.15, 0.2) is 30.5 Å². The van der Waals surface area contributed by atoms with Crippen LogP contribution in [-0.2, 0) is 11.2 Å². The maximum atomic E-state index is 10.6. The van der Waals surface area contributed by atoms with Crippen LogP contribution in [0, 0.1) is 0 Å². The summed E-state index contributed by atoms with van der Waals surface area (Å²) in [6.45, 7) is -0.729. The number of benzene rings is 1. The molecule has 2 rings (SSSR count). The van der Waals surface area contributed by atoms with Gasteiger partial charge in [-0.1, -0.05) is 18.2 Å². The van der Waals surface area contributed by atoms with Crippen LogP contribution in [0.3, 0.4) is 0 Å². The molecule has 21 heavy (non-hydrogen) atoms. The Morgan fingerprint density at radius 3 is 2.38 bits per heavy atom. The number of aromatic amines is 1. The molecule has 0 unspecified atom stereocenters. The van der Waals surface area contributed by atoms with Gasteiger partial charge in [0.2, 0.25) is 0 Å². The van der Waals surface area contributed by atoms with E-state index in [0.29, 0.717) is 6.42 Å². The molecule has 116 valence electrons. The van der Waals surface area contributed by atoms with Crippen LogP contribution >= 0.6 is 0 Å². The summed E-state index contributed by atoms with van der Waals surface area (Å²) >= 11 is 0. The van der Waals surface area contributed by atoms with Crippen molar-refractivity contribution in [2.45, 2.75) is 18.6 Å². The first-order valence-corrected chi connectivity index (χ1v) is 6.42. The van der Waals surface area contributed by atoms with E-state index in [2.05, 4.69) is 4.98 Å². The Labute approximate surface area is 121 Å². The summed E-state index contributed by atoms with van der Waals surface area (Å²) in [5, 5.41) is 33.8. The van der Waals surface area contributed by atoms with Gasteiger partial charge in [-0.2, -0.15) is 0 Å². The molecule has 0 saturated carbocycles.